The molecule has 28 heavy (non-hydrogen) atoms. The fourth-order valence-electron chi connectivity index (χ4n) is 3.03. The van der Waals surface area contributed by atoms with Crippen LogP contribution in [0.4, 0.5) is 5.69 Å². The first kappa shape index (κ1) is 16.9. The van der Waals surface area contributed by atoms with Crippen molar-refractivity contribution in [2.45, 2.75) is 6.61 Å². The lowest BCUT2D eigenvalue weighted by atomic mass is 10.2. The van der Waals surface area contributed by atoms with Crippen molar-refractivity contribution in [2.75, 3.05) is 25.8 Å². The van der Waals surface area contributed by atoms with Crippen LogP contribution in [0.5, 0.6) is 17.2 Å². The first-order chi connectivity index (χ1) is 13.7. The molecule has 0 aliphatic carbocycles. The topological polar surface area (TPSA) is 61.1 Å². The van der Waals surface area contributed by atoms with E-state index in [0.717, 1.165) is 32.7 Å². The molecule has 0 unspecified atom stereocenters. The highest BCUT2D eigenvalue weighted by Crippen LogP contribution is 2.35. The van der Waals surface area contributed by atoms with Crippen LogP contribution in [0.2, 0.25) is 0 Å². The lowest BCUT2D eigenvalue weighted by Crippen LogP contribution is -2.08. The minimum Gasteiger partial charge on any atom is -0.485 e. The smallest absolute Gasteiger partial charge is 0.231 e. The Balaban J connectivity index is 1.38. The third-order valence-corrected chi connectivity index (χ3v) is 5.56. The number of anilines is 1. The Morgan fingerprint density at radius 1 is 1.11 bits per heavy atom. The van der Waals surface area contributed by atoms with Gasteiger partial charge in [-0.05, 0) is 29.8 Å². The average Bonchev–Trinajstić information content (AvgIpc) is 3.42. The summed E-state index contributed by atoms with van der Waals surface area (Å²) in [5, 5.41) is 8.55. The molecule has 0 spiro atoms. The Morgan fingerprint density at radius 3 is 2.89 bits per heavy atom. The number of hydrogen-bond donors (Lipinski definition) is 0. The van der Waals surface area contributed by atoms with Gasteiger partial charge in [0.25, 0.3) is 0 Å². The van der Waals surface area contributed by atoms with Crippen molar-refractivity contribution in [1.29, 1.82) is 0 Å². The summed E-state index contributed by atoms with van der Waals surface area (Å²) in [6.45, 7) is 0.561. The van der Waals surface area contributed by atoms with Gasteiger partial charge in [-0.25, -0.2) is 0 Å². The van der Waals surface area contributed by atoms with E-state index in [9.17, 15) is 0 Å². The summed E-state index contributed by atoms with van der Waals surface area (Å²) in [6.07, 6.45) is 2.06. The van der Waals surface area contributed by atoms with Crippen LogP contribution in [0.1, 0.15) is 5.82 Å². The number of benzene rings is 2. The number of hydrogen-bond acceptors (Lipinski definition) is 7. The summed E-state index contributed by atoms with van der Waals surface area (Å²) in [7, 11) is 4.08. The average molecular weight is 394 g/mol. The van der Waals surface area contributed by atoms with Crippen LogP contribution in [-0.4, -0.2) is 35.5 Å². The van der Waals surface area contributed by atoms with Gasteiger partial charge in [0.15, 0.2) is 17.3 Å². The Kier molecular flexibility index (Phi) is 4.05. The molecule has 0 saturated carbocycles. The summed E-state index contributed by atoms with van der Waals surface area (Å²) in [6, 6.07) is 14.0. The zero-order valence-corrected chi connectivity index (χ0v) is 16.3. The van der Waals surface area contributed by atoms with Gasteiger partial charge in [-0.2, -0.15) is 0 Å². The van der Waals surface area contributed by atoms with Crippen LogP contribution >= 0.6 is 11.3 Å². The third-order valence-electron chi connectivity index (χ3n) is 4.54. The van der Waals surface area contributed by atoms with E-state index in [0.29, 0.717) is 18.1 Å². The normalized spacial score (nSPS) is 12.5. The number of thiazole rings is 1. The molecule has 5 rings (SSSR count). The highest BCUT2D eigenvalue weighted by atomic mass is 32.1. The summed E-state index contributed by atoms with van der Waals surface area (Å²) in [5.74, 6) is 2.89. The van der Waals surface area contributed by atoms with E-state index in [4.69, 9.17) is 14.2 Å². The predicted octanol–water partition coefficient (Wildman–Crippen LogP) is 3.83. The molecule has 0 radical (unpaired) electrons. The third kappa shape index (κ3) is 3.01. The Labute approximate surface area is 165 Å². The molecule has 0 fully saturated rings. The van der Waals surface area contributed by atoms with Gasteiger partial charge in [-0.3, -0.25) is 4.40 Å². The van der Waals surface area contributed by atoms with Gasteiger partial charge < -0.3 is 19.1 Å². The van der Waals surface area contributed by atoms with Crippen LogP contribution < -0.4 is 19.1 Å². The van der Waals surface area contributed by atoms with Crippen molar-refractivity contribution < 1.29 is 14.2 Å². The van der Waals surface area contributed by atoms with Gasteiger partial charge in [0.05, 0.1) is 4.88 Å². The molecule has 2 aromatic heterocycles. The SMILES string of the molecule is CN(C)c1cccc(-c2cn3c(COc4ccc5c(c4)OCO5)nnc3s2)c1. The molecule has 8 heteroatoms. The number of nitrogens with zero attached hydrogens (tertiary/aromatic N) is 4. The Bertz CT molecular complexity index is 1150. The largest absolute Gasteiger partial charge is 0.485 e. The molecule has 0 atom stereocenters. The van der Waals surface area contributed by atoms with E-state index in [1.54, 1.807) is 11.3 Å². The molecule has 0 saturated heterocycles. The van der Waals surface area contributed by atoms with Crippen LogP contribution in [0.3, 0.4) is 0 Å². The van der Waals surface area contributed by atoms with E-state index < -0.39 is 0 Å². The number of fused-ring (bicyclic) bond motifs is 2. The predicted molar refractivity (Wildman–Crippen MR) is 108 cm³/mol. The summed E-state index contributed by atoms with van der Waals surface area (Å²) in [4.78, 5) is 4.07. The second-order valence-electron chi connectivity index (χ2n) is 6.61. The fraction of sp³-hybridized carbons (Fsp3) is 0.200. The summed E-state index contributed by atoms with van der Waals surface area (Å²) in [5.41, 5.74) is 2.32. The first-order valence-electron chi connectivity index (χ1n) is 8.81. The van der Waals surface area contributed by atoms with Crippen molar-refractivity contribution in [3.63, 3.8) is 0 Å². The number of ether oxygens (including phenoxy) is 3. The lowest BCUT2D eigenvalue weighted by Gasteiger charge is -2.12. The van der Waals surface area contributed by atoms with E-state index in [1.165, 1.54) is 0 Å². The van der Waals surface area contributed by atoms with Crippen molar-refractivity contribution >= 4 is 22.0 Å². The molecular formula is C20H18N4O3S. The van der Waals surface area contributed by atoms with Crippen molar-refractivity contribution in [3.05, 3.63) is 54.5 Å². The Hall–Kier alpha value is -3.26. The van der Waals surface area contributed by atoms with Crippen LogP contribution in [0, 0.1) is 0 Å². The lowest BCUT2D eigenvalue weighted by molar-refractivity contribution is 0.173. The molecular weight excluding hydrogens is 376 g/mol. The maximum Gasteiger partial charge on any atom is 0.231 e. The maximum absolute atomic E-state index is 5.89. The molecule has 2 aromatic carbocycles. The molecule has 1 aliphatic rings. The molecule has 4 aromatic rings. The standard InChI is InChI=1S/C20H18N4O3S/c1-23(2)14-5-3-4-13(8-14)18-10-24-19(21-22-20(24)28-18)11-25-15-6-7-16-17(9-15)27-12-26-16/h3-10H,11-12H2,1-2H3. The maximum atomic E-state index is 5.89. The van der Waals surface area contributed by atoms with E-state index in [2.05, 4.69) is 45.6 Å². The van der Waals surface area contributed by atoms with Crippen LogP contribution in [0.15, 0.2) is 48.7 Å². The van der Waals surface area contributed by atoms with E-state index >= 15 is 0 Å². The summed E-state index contributed by atoms with van der Waals surface area (Å²) >= 11 is 1.61. The van der Waals surface area contributed by atoms with Crippen molar-refractivity contribution in [3.8, 4) is 27.7 Å². The second-order valence-corrected chi connectivity index (χ2v) is 7.62. The minimum absolute atomic E-state index is 0.246. The van der Waals surface area contributed by atoms with Gasteiger partial charge >= 0.3 is 0 Å². The first-order valence-corrected chi connectivity index (χ1v) is 9.63. The van der Waals surface area contributed by atoms with Gasteiger partial charge in [0.1, 0.15) is 12.4 Å². The zero-order chi connectivity index (χ0) is 19.1. The molecule has 0 bridgehead atoms. The van der Waals surface area contributed by atoms with Gasteiger partial charge in [-0.1, -0.05) is 23.5 Å². The van der Waals surface area contributed by atoms with Crippen molar-refractivity contribution in [2.24, 2.45) is 0 Å². The second kappa shape index (κ2) is 6.72. The molecule has 1 aliphatic heterocycles. The summed E-state index contributed by atoms with van der Waals surface area (Å²) < 4.78 is 18.6. The Morgan fingerprint density at radius 2 is 2.00 bits per heavy atom. The van der Waals surface area contributed by atoms with E-state index in [1.807, 2.05) is 36.7 Å². The van der Waals surface area contributed by atoms with Gasteiger partial charge in [0, 0.05) is 32.0 Å². The van der Waals surface area contributed by atoms with Gasteiger partial charge in [-0.15, -0.1) is 10.2 Å². The molecule has 3 heterocycles. The molecule has 0 amide bonds. The van der Waals surface area contributed by atoms with E-state index in [-0.39, 0.29) is 6.79 Å². The highest BCUT2D eigenvalue weighted by Gasteiger charge is 2.15. The molecule has 7 nitrogen and oxygen atoms in total. The monoisotopic (exact) mass is 394 g/mol. The number of aromatic nitrogens is 3. The zero-order valence-electron chi connectivity index (χ0n) is 15.5. The quantitative estimate of drug-likeness (QED) is 0.513. The van der Waals surface area contributed by atoms with Gasteiger partial charge in [0.2, 0.25) is 11.8 Å². The molecule has 0 N–H and O–H groups in total. The minimum atomic E-state index is 0.246. The fourth-order valence-corrected chi connectivity index (χ4v) is 3.97. The van der Waals surface area contributed by atoms with Crippen molar-refractivity contribution in [1.82, 2.24) is 14.6 Å². The molecule has 142 valence electrons. The van der Waals surface area contributed by atoms with Crippen LogP contribution in [0.25, 0.3) is 15.4 Å². The highest BCUT2D eigenvalue weighted by molar-refractivity contribution is 7.20. The number of rotatable bonds is 5. The van der Waals surface area contributed by atoms with Crippen LogP contribution in [-0.2, 0) is 6.61 Å².